The number of para-hydroxylation sites is 1. The van der Waals surface area contributed by atoms with Crippen LogP contribution in [0.4, 0.5) is 4.79 Å². The standard InChI is InChI=1S/C21H29N3O3/c1-5-10-24-15-17(16-8-6-7-9-18(16)24)19(25)22-11-13-23(14-12-22)20(26)27-21(2,3)4/h6-9,15H,5,10-14H2,1-4H3. The number of rotatable bonds is 3. The van der Waals surface area contributed by atoms with E-state index in [-0.39, 0.29) is 12.0 Å². The van der Waals surface area contributed by atoms with Gasteiger partial charge < -0.3 is 19.1 Å². The monoisotopic (exact) mass is 371 g/mol. The second-order valence-electron chi connectivity index (χ2n) is 8.01. The molecule has 3 rings (SSSR count). The third-order valence-electron chi connectivity index (χ3n) is 4.70. The van der Waals surface area contributed by atoms with Crippen molar-refractivity contribution < 1.29 is 14.3 Å². The van der Waals surface area contributed by atoms with Crippen molar-refractivity contribution in [2.45, 2.75) is 46.3 Å². The molecular weight excluding hydrogens is 342 g/mol. The van der Waals surface area contributed by atoms with Gasteiger partial charge in [0.05, 0.1) is 5.56 Å². The highest BCUT2D eigenvalue weighted by atomic mass is 16.6. The fourth-order valence-electron chi connectivity index (χ4n) is 3.43. The maximum absolute atomic E-state index is 13.1. The van der Waals surface area contributed by atoms with Crippen LogP contribution in [0.5, 0.6) is 0 Å². The van der Waals surface area contributed by atoms with Crippen LogP contribution in [0.3, 0.4) is 0 Å². The number of amides is 2. The molecule has 2 heterocycles. The summed E-state index contributed by atoms with van der Waals surface area (Å²) in [7, 11) is 0. The first kappa shape index (κ1) is 19.3. The van der Waals surface area contributed by atoms with Crippen molar-refractivity contribution in [3.8, 4) is 0 Å². The van der Waals surface area contributed by atoms with Crippen molar-refractivity contribution in [3.63, 3.8) is 0 Å². The van der Waals surface area contributed by atoms with E-state index in [1.165, 1.54) is 0 Å². The Morgan fingerprint density at radius 2 is 1.67 bits per heavy atom. The van der Waals surface area contributed by atoms with E-state index in [0.29, 0.717) is 26.2 Å². The van der Waals surface area contributed by atoms with E-state index in [0.717, 1.165) is 29.4 Å². The highest BCUT2D eigenvalue weighted by molar-refractivity contribution is 6.07. The van der Waals surface area contributed by atoms with Crippen molar-refractivity contribution >= 4 is 22.9 Å². The van der Waals surface area contributed by atoms with Crippen molar-refractivity contribution in [1.82, 2.24) is 14.4 Å². The van der Waals surface area contributed by atoms with Crippen molar-refractivity contribution in [2.75, 3.05) is 26.2 Å². The lowest BCUT2D eigenvalue weighted by atomic mass is 10.1. The van der Waals surface area contributed by atoms with E-state index in [9.17, 15) is 9.59 Å². The Kier molecular flexibility index (Phi) is 5.44. The molecule has 6 nitrogen and oxygen atoms in total. The molecule has 27 heavy (non-hydrogen) atoms. The van der Waals surface area contributed by atoms with Crippen LogP contribution in [-0.4, -0.2) is 58.1 Å². The molecule has 0 N–H and O–H groups in total. The lowest BCUT2D eigenvalue weighted by Crippen LogP contribution is -2.51. The summed E-state index contributed by atoms with van der Waals surface area (Å²) in [5, 5.41) is 0.991. The first-order chi connectivity index (χ1) is 12.8. The van der Waals surface area contributed by atoms with Gasteiger partial charge in [-0.3, -0.25) is 4.79 Å². The summed E-state index contributed by atoms with van der Waals surface area (Å²) >= 11 is 0. The largest absolute Gasteiger partial charge is 0.444 e. The summed E-state index contributed by atoms with van der Waals surface area (Å²) < 4.78 is 7.58. The van der Waals surface area contributed by atoms with E-state index in [1.54, 1.807) is 4.90 Å². The molecule has 1 aromatic carbocycles. The molecule has 0 unspecified atom stereocenters. The zero-order valence-corrected chi connectivity index (χ0v) is 16.7. The number of benzene rings is 1. The highest BCUT2D eigenvalue weighted by Gasteiger charge is 2.29. The predicted octanol–water partition coefficient (Wildman–Crippen LogP) is 3.74. The molecule has 1 saturated heterocycles. The van der Waals surface area contributed by atoms with Crippen LogP contribution in [0.25, 0.3) is 10.9 Å². The van der Waals surface area contributed by atoms with Gasteiger partial charge in [-0.2, -0.15) is 0 Å². The van der Waals surface area contributed by atoms with Gasteiger partial charge >= 0.3 is 6.09 Å². The molecule has 1 aliphatic rings. The minimum absolute atomic E-state index is 0.0323. The smallest absolute Gasteiger partial charge is 0.410 e. The Labute approximate surface area is 160 Å². The van der Waals surface area contributed by atoms with Crippen LogP contribution in [0.15, 0.2) is 30.5 Å². The quantitative estimate of drug-likeness (QED) is 0.826. The van der Waals surface area contributed by atoms with Crippen LogP contribution in [0, 0.1) is 0 Å². The van der Waals surface area contributed by atoms with Gasteiger partial charge in [-0.1, -0.05) is 25.1 Å². The van der Waals surface area contributed by atoms with Crippen LogP contribution < -0.4 is 0 Å². The van der Waals surface area contributed by atoms with Crippen molar-refractivity contribution in [3.05, 3.63) is 36.0 Å². The molecule has 6 heteroatoms. The highest BCUT2D eigenvalue weighted by Crippen LogP contribution is 2.24. The number of carbonyl (C=O) groups excluding carboxylic acids is 2. The molecule has 1 aromatic heterocycles. The minimum atomic E-state index is -0.509. The molecule has 0 radical (unpaired) electrons. The summed E-state index contributed by atoms with van der Waals surface area (Å²) in [5.41, 5.74) is 1.32. The lowest BCUT2D eigenvalue weighted by Gasteiger charge is -2.35. The summed E-state index contributed by atoms with van der Waals surface area (Å²) in [5.74, 6) is 0.0323. The summed E-state index contributed by atoms with van der Waals surface area (Å²) in [6.07, 6.45) is 2.67. The summed E-state index contributed by atoms with van der Waals surface area (Å²) in [4.78, 5) is 28.8. The fourth-order valence-corrected chi connectivity index (χ4v) is 3.43. The second kappa shape index (κ2) is 7.62. The molecule has 2 amide bonds. The Bertz CT molecular complexity index is 827. The summed E-state index contributed by atoms with van der Waals surface area (Å²) in [6.45, 7) is 10.6. The number of hydrogen-bond acceptors (Lipinski definition) is 3. The Balaban J connectivity index is 1.71. The molecule has 1 aliphatic heterocycles. The molecule has 0 atom stereocenters. The van der Waals surface area contributed by atoms with Gasteiger partial charge in [0, 0.05) is 49.8 Å². The third-order valence-corrected chi connectivity index (χ3v) is 4.70. The number of piperazine rings is 1. The fraction of sp³-hybridized carbons (Fsp3) is 0.524. The van der Waals surface area contributed by atoms with Crippen molar-refractivity contribution in [1.29, 1.82) is 0 Å². The normalized spacial score (nSPS) is 15.3. The third kappa shape index (κ3) is 4.26. The van der Waals surface area contributed by atoms with E-state index < -0.39 is 5.60 Å². The summed E-state index contributed by atoms with van der Waals surface area (Å²) in [6, 6.07) is 8.03. The van der Waals surface area contributed by atoms with Gasteiger partial charge in [-0.05, 0) is 33.3 Å². The lowest BCUT2D eigenvalue weighted by molar-refractivity contribution is 0.0141. The van der Waals surface area contributed by atoms with Gasteiger partial charge in [0.15, 0.2) is 0 Å². The molecule has 0 spiro atoms. The number of fused-ring (bicyclic) bond motifs is 1. The van der Waals surface area contributed by atoms with E-state index in [2.05, 4.69) is 17.6 Å². The second-order valence-corrected chi connectivity index (χ2v) is 8.01. The average Bonchev–Trinajstić information content (AvgIpc) is 2.99. The molecule has 0 bridgehead atoms. The van der Waals surface area contributed by atoms with Gasteiger partial charge in [0.1, 0.15) is 5.60 Å². The average molecular weight is 371 g/mol. The van der Waals surface area contributed by atoms with E-state index in [4.69, 9.17) is 4.74 Å². The Morgan fingerprint density at radius 3 is 2.30 bits per heavy atom. The Morgan fingerprint density at radius 1 is 1.04 bits per heavy atom. The maximum atomic E-state index is 13.1. The molecule has 2 aromatic rings. The number of carbonyl (C=O) groups is 2. The number of ether oxygens (including phenoxy) is 1. The number of aromatic nitrogens is 1. The molecule has 0 saturated carbocycles. The molecule has 1 fully saturated rings. The van der Waals surface area contributed by atoms with Crippen LogP contribution >= 0.6 is 0 Å². The number of hydrogen-bond donors (Lipinski definition) is 0. The predicted molar refractivity (Wildman–Crippen MR) is 106 cm³/mol. The number of aryl methyl sites for hydroxylation is 1. The van der Waals surface area contributed by atoms with Crippen molar-refractivity contribution in [2.24, 2.45) is 0 Å². The van der Waals surface area contributed by atoms with Crippen LogP contribution in [0.1, 0.15) is 44.5 Å². The van der Waals surface area contributed by atoms with E-state index in [1.807, 2.05) is 50.1 Å². The zero-order valence-electron chi connectivity index (χ0n) is 16.7. The van der Waals surface area contributed by atoms with Gasteiger partial charge in [-0.15, -0.1) is 0 Å². The Hall–Kier alpha value is -2.50. The van der Waals surface area contributed by atoms with Gasteiger partial charge in [0.2, 0.25) is 0 Å². The van der Waals surface area contributed by atoms with E-state index >= 15 is 0 Å². The topological polar surface area (TPSA) is 54.8 Å². The van der Waals surface area contributed by atoms with Crippen LogP contribution in [-0.2, 0) is 11.3 Å². The van der Waals surface area contributed by atoms with Gasteiger partial charge in [-0.25, -0.2) is 4.79 Å². The first-order valence-corrected chi connectivity index (χ1v) is 9.65. The van der Waals surface area contributed by atoms with Gasteiger partial charge in [0.25, 0.3) is 5.91 Å². The zero-order chi connectivity index (χ0) is 19.6. The molecule has 146 valence electrons. The minimum Gasteiger partial charge on any atom is -0.444 e. The van der Waals surface area contributed by atoms with Crippen LogP contribution in [0.2, 0.25) is 0 Å². The molecule has 0 aliphatic carbocycles. The SMILES string of the molecule is CCCn1cc(C(=O)N2CCN(C(=O)OC(C)(C)C)CC2)c2ccccc21. The first-order valence-electron chi connectivity index (χ1n) is 9.65. The maximum Gasteiger partial charge on any atom is 0.410 e. The molecular formula is C21H29N3O3. The number of nitrogens with zero attached hydrogens (tertiary/aromatic N) is 3.